The molecular weight excluding hydrogens is 240 g/mol. The molecule has 0 saturated carbocycles. The summed E-state index contributed by atoms with van der Waals surface area (Å²) >= 11 is 0. The van der Waals surface area contributed by atoms with Gasteiger partial charge in [0.25, 0.3) is 0 Å². The standard InChI is InChI=1S/C14H14N4O/c1-10-7-11(3-4-13(10)19-2)12-8-17-14(18-9-12)16-6-5-15/h3-4,7-9H,6H2,1-2H3,(H,16,17,18). The van der Waals surface area contributed by atoms with Crippen LogP contribution in [-0.2, 0) is 0 Å². The molecule has 96 valence electrons. The molecule has 0 unspecified atom stereocenters. The Labute approximate surface area is 111 Å². The Balaban J connectivity index is 2.22. The van der Waals surface area contributed by atoms with Crippen molar-refractivity contribution in [3.63, 3.8) is 0 Å². The lowest BCUT2D eigenvalue weighted by Crippen LogP contribution is -2.02. The van der Waals surface area contributed by atoms with Crippen LogP contribution in [-0.4, -0.2) is 23.6 Å². The van der Waals surface area contributed by atoms with E-state index in [0.717, 1.165) is 22.4 Å². The first-order chi connectivity index (χ1) is 9.24. The van der Waals surface area contributed by atoms with Crippen LogP contribution in [0.3, 0.4) is 0 Å². The van der Waals surface area contributed by atoms with Crippen LogP contribution < -0.4 is 10.1 Å². The Kier molecular flexibility index (Phi) is 3.94. The summed E-state index contributed by atoms with van der Waals surface area (Å²) in [6.07, 6.45) is 3.46. The predicted octanol–water partition coefficient (Wildman–Crippen LogP) is 2.40. The normalized spacial score (nSPS) is 9.74. The maximum atomic E-state index is 8.46. The Hall–Kier alpha value is -2.61. The van der Waals surface area contributed by atoms with Gasteiger partial charge < -0.3 is 10.1 Å². The molecule has 0 radical (unpaired) electrons. The van der Waals surface area contributed by atoms with Crippen molar-refractivity contribution in [2.24, 2.45) is 0 Å². The lowest BCUT2D eigenvalue weighted by molar-refractivity contribution is 0.412. The summed E-state index contributed by atoms with van der Waals surface area (Å²) in [6, 6.07) is 7.89. The Bertz CT molecular complexity index is 602. The second-order valence-electron chi connectivity index (χ2n) is 3.99. The summed E-state index contributed by atoms with van der Waals surface area (Å²) in [7, 11) is 1.65. The zero-order chi connectivity index (χ0) is 13.7. The van der Waals surface area contributed by atoms with Gasteiger partial charge in [0.1, 0.15) is 12.3 Å². The van der Waals surface area contributed by atoms with Gasteiger partial charge in [-0.15, -0.1) is 0 Å². The monoisotopic (exact) mass is 254 g/mol. The van der Waals surface area contributed by atoms with E-state index in [4.69, 9.17) is 10.00 Å². The minimum atomic E-state index is 0.195. The molecule has 0 spiro atoms. The van der Waals surface area contributed by atoms with Crippen LogP contribution in [0.1, 0.15) is 5.56 Å². The van der Waals surface area contributed by atoms with Gasteiger partial charge in [-0.2, -0.15) is 5.26 Å². The van der Waals surface area contributed by atoms with Crippen LogP contribution in [0.15, 0.2) is 30.6 Å². The van der Waals surface area contributed by atoms with Crippen molar-refractivity contribution in [2.75, 3.05) is 19.0 Å². The fraction of sp³-hybridized carbons (Fsp3) is 0.214. The number of nitriles is 1. The van der Waals surface area contributed by atoms with Crippen molar-refractivity contribution in [3.05, 3.63) is 36.2 Å². The zero-order valence-corrected chi connectivity index (χ0v) is 10.8. The molecule has 0 atom stereocenters. The molecule has 0 saturated heterocycles. The summed E-state index contributed by atoms with van der Waals surface area (Å²) in [5.41, 5.74) is 3.02. The zero-order valence-electron chi connectivity index (χ0n) is 10.8. The van der Waals surface area contributed by atoms with E-state index in [9.17, 15) is 0 Å². The van der Waals surface area contributed by atoms with E-state index in [1.165, 1.54) is 0 Å². The molecule has 2 aromatic rings. The highest BCUT2D eigenvalue weighted by atomic mass is 16.5. The maximum absolute atomic E-state index is 8.46. The summed E-state index contributed by atoms with van der Waals surface area (Å²) in [6.45, 7) is 2.19. The van der Waals surface area contributed by atoms with E-state index in [-0.39, 0.29) is 6.54 Å². The third-order valence-electron chi connectivity index (χ3n) is 2.71. The van der Waals surface area contributed by atoms with Crippen molar-refractivity contribution in [1.29, 1.82) is 5.26 Å². The molecule has 1 heterocycles. The van der Waals surface area contributed by atoms with E-state index in [0.29, 0.717) is 5.95 Å². The van der Waals surface area contributed by atoms with E-state index >= 15 is 0 Å². The van der Waals surface area contributed by atoms with Gasteiger partial charge in [0, 0.05) is 18.0 Å². The molecule has 5 heteroatoms. The van der Waals surface area contributed by atoms with E-state index in [1.54, 1.807) is 19.5 Å². The molecule has 2 rings (SSSR count). The number of ether oxygens (including phenoxy) is 1. The van der Waals surface area contributed by atoms with Gasteiger partial charge in [-0.25, -0.2) is 9.97 Å². The molecule has 1 aromatic heterocycles. The number of aromatic nitrogens is 2. The first-order valence-electron chi connectivity index (χ1n) is 5.82. The first kappa shape index (κ1) is 12.8. The highest BCUT2D eigenvalue weighted by molar-refractivity contribution is 5.64. The van der Waals surface area contributed by atoms with Gasteiger partial charge in [0.05, 0.1) is 13.2 Å². The van der Waals surface area contributed by atoms with Crippen LogP contribution in [0, 0.1) is 18.3 Å². The molecule has 0 amide bonds. The van der Waals surface area contributed by atoms with Crippen LogP contribution in [0.25, 0.3) is 11.1 Å². The molecular formula is C14H14N4O. The van der Waals surface area contributed by atoms with Crippen molar-refractivity contribution in [3.8, 4) is 22.9 Å². The highest BCUT2D eigenvalue weighted by Gasteiger charge is 2.03. The van der Waals surface area contributed by atoms with Gasteiger partial charge in [-0.3, -0.25) is 0 Å². The molecule has 0 aliphatic carbocycles. The van der Waals surface area contributed by atoms with E-state index in [1.807, 2.05) is 31.2 Å². The summed E-state index contributed by atoms with van der Waals surface area (Å²) < 4.78 is 5.23. The van der Waals surface area contributed by atoms with E-state index < -0.39 is 0 Å². The first-order valence-corrected chi connectivity index (χ1v) is 5.82. The van der Waals surface area contributed by atoms with E-state index in [2.05, 4.69) is 15.3 Å². The minimum absolute atomic E-state index is 0.195. The van der Waals surface area contributed by atoms with Gasteiger partial charge in [0.15, 0.2) is 0 Å². The number of benzene rings is 1. The van der Waals surface area contributed by atoms with Crippen molar-refractivity contribution in [1.82, 2.24) is 9.97 Å². The Morgan fingerprint density at radius 3 is 2.58 bits per heavy atom. The van der Waals surface area contributed by atoms with Crippen molar-refractivity contribution in [2.45, 2.75) is 6.92 Å². The number of anilines is 1. The second-order valence-corrected chi connectivity index (χ2v) is 3.99. The lowest BCUT2D eigenvalue weighted by Gasteiger charge is -2.07. The number of rotatable bonds is 4. The van der Waals surface area contributed by atoms with Gasteiger partial charge in [-0.05, 0) is 30.2 Å². The second kappa shape index (κ2) is 5.83. The minimum Gasteiger partial charge on any atom is -0.496 e. The number of hydrogen-bond donors (Lipinski definition) is 1. The van der Waals surface area contributed by atoms with Gasteiger partial charge >= 0.3 is 0 Å². The summed E-state index contributed by atoms with van der Waals surface area (Å²) in [5.74, 6) is 1.31. The molecule has 0 aliphatic rings. The highest BCUT2D eigenvalue weighted by Crippen LogP contribution is 2.25. The number of nitrogens with one attached hydrogen (secondary N) is 1. The van der Waals surface area contributed by atoms with Crippen LogP contribution in [0.4, 0.5) is 5.95 Å². The fourth-order valence-corrected chi connectivity index (χ4v) is 1.74. The quantitative estimate of drug-likeness (QED) is 0.848. The average Bonchev–Trinajstić information content (AvgIpc) is 2.45. The lowest BCUT2D eigenvalue weighted by atomic mass is 10.1. The largest absolute Gasteiger partial charge is 0.496 e. The summed E-state index contributed by atoms with van der Waals surface area (Å²) in [4.78, 5) is 8.32. The Morgan fingerprint density at radius 2 is 2.00 bits per heavy atom. The molecule has 0 fully saturated rings. The van der Waals surface area contributed by atoms with Crippen molar-refractivity contribution < 1.29 is 4.74 Å². The summed E-state index contributed by atoms with van der Waals surface area (Å²) in [5, 5.41) is 11.3. The molecule has 1 N–H and O–H groups in total. The number of aryl methyl sites for hydroxylation is 1. The van der Waals surface area contributed by atoms with Gasteiger partial charge in [0.2, 0.25) is 5.95 Å². The van der Waals surface area contributed by atoms with Gasteiger partial charge in [-0.1, -0.05) is 6.07 Å². The Morgan fingerprint density at radius 1 is 1.26 bits per heavy atom. The average molecular weight is 254 g/mol. The predicted molar refractivity (Wildman–Crippen MR) is 72.9 cm³/mol. The fourth-order valence-electron chi connectivity index (χ4n) is 1.74. The molecule has 5 nitrogen and oxygen atoms in total. The molecule has 1 aromatic carbocycles. The molecule has 19 heavy (non-hydrogen) atoms. The van der Waals surface area contributed by atoms with Crippen LogP contribution in [0.2, 0.25) is 0 Å². The third kappa shape index (κ3) is 2.99. The molecule has 0 aliphatic heterocycles. The smallest absolute Gasteiger partial charge is 0.223 e. The number of hydrogen-bond acceptors (Lipinski definition) is 5. The third-order valence-corrected chi connectivity index (χ3v) is 2.71. The van der Waals surface area contributed by atoms with Crippen LogP contribution in [0.5, 0.6) is 5.75 Å². The van der Waals surface area contributed by atoms with Crippen LogP contribution >= 0.6 is 0 Å². The number of nitrogens with zero attached hydrogens (tertiary/aromatic N) is 3. The maximum Gasteiger partial charge on any atom is 0.223 e. The topological polar surface area (TPSA) is 70.8 Å². The molecule has 0 bridgehead atoms. The van der Waals surface area contributed by atoms with Crippen molar-refractivity contribution >= 4 is 5.95 Å². The SMILES string of the molecule is COc1ccc(-c2cnc(NCC#N)nc2)cc1C. The number of methoxy groups -OCH3 is 1.